The Morgan fingerprint density at radius 2 is 1.88 bits per heavy atom. The van der Waals surface area contributed by atoms with E-state index in [4.69, 9.17) is 21.1 Å². The zero-order valence-corrected chi connectivity index (χ0v) is 15.3. The highest BCUT2D eigenvalue weighted by Crippen LogP contribution is 2.30. The molecular formula is C18H16ClNO4S. The van der Waals surface area contributed by atoms with Crippen LogP contribution < -0.4 is 9.47 Å². The smallest absolute Gasteiger partial charge is 0.216 e. The summed E-state index contributed by atoms with van der Waals surface area (Å²) in [6.45, 7) is 2.32. The molecule has 0 aromatic heterocycles. The van der Waals surface area contributed by atoms with Crippen LogP contribution in [0.15, 0.2) is 52.3 Å². The van der Waals surface area contributed by atoms with Crippen LogP contribution in [0.5, 0.6) is 11.5 Å². The second-order valence-electron chi connectivity index (χ2n) is 4.92. The molecule has 130 valence electrons. The number of hydrogen-bond acceptors (Lipinski definition) is 5. The monoisotopic (exact) mass is 377 g/mol. The van der Waals surface area contributed by atoms with Crippen molar-refractivity contribution in [2.24, 2.45) is 0 Å². The number of halogens is 1. The highest BCUT2D eigenvalue weighted by atomic mass is 35.5. The van der Waals surface area contributed by atoms with Crippen molar-refractivity contribution in [1.82, 2.24) is 0 Å². The molecule has 0 aliphatic heterocycles. The number of ether oxygens (including phenoxy) is 2. The van der Waals surface area contributed by atoms with Gasteiger partial charge in [-0.1, -0.05) is 17.7 Å². The first-order chi connectivity index (χ1) is 11.9. The van der Waals surface area contributed by atoms with E-state index in [1.807, 2.05) is 6.92 Å². The molecule has 5 nitrogen and oxygen atoms in total. The zero-order chi connectivity index (χ0) is 18.4. The van der Waals surface area contributed by atoms with E-state index in [-0.39, 0.29) is 9.80 Å². The molecule has 0 aliphatic rings. The molecule has 25 heavy (non-hydrogen) atoms. The summed E-state index contributed by atoms with van der Waals surface area (Å²) >= 11 is 5.78. The van der Waals surface area contributed by atoms with Crippen molar-refractivity contribution < 1.29 is 17.9 Å². The second kappa shape index (κ2) is 8.06. The van der Waals surface area contributed by atoms with E-state index in [0.29, 0.717) is 28.7 Å². The average Bonchev–Trinajstić information content (AvgIpc) is 2.61. The van der Waals surface area contributed by atoms with Gasteiger partial charge in [0.05, 0.1) is 18.6 Å². The van der Waals surface area contributed by atoms with Gasteiger partial charge in [0.2, 0.25) is 9.84 Å². The minimum Gasteiger partial charge on any atom is -0.493 e. The van der Waals surface area contributed by atoms with Crippen molar-refractivity contribution >= 4 is 27.5 Å². The molecule has 7 heteroatoms. The molecule has 0 atom stereocenters. The van der Waals surface area contributed by atoms with Crippen molar-refractivity contribution in [2.75, 3.05) is 13.7 Å². The Morgan fingerprint density at radius 1 is 1.20 bits per heavy atom. The molecule has 2 aromatic rings. The van der Waals surface area contributed by atoms with Gasteiger partial charge in [0, 0.05) is 5.02 Å². The van der Waals surface area contributed by atoms with Crippen molar-refractivity contribution in [1.29, 1.82) is 5.26 Å². The Balaban J connectivity index is 2.46. The molecule has 2 rings (SSSR count). The Hall–Kier alpha value is -2.49. The quantitative estimate of drug-likeness (QED) is 0.709. The van der Waals surface area contributed by atoms with Crippen LogP contribution in [-0.2, 0) is 9.84 Å². The summed E-state index contributed by atoms with van der Waals surface area (Å²) in [6.07, 6.45) is 1.29. The van der Waals surface area contributed by atoms with Gasteiger partial charge in [0.15, 0.2) is 11.5 Å². The number of sulfone groups is 1. The van der Waals surface area contributed by atoms with Crippen LogP contribution in [0.3, 0.4) is 0 Å². The van der Waals surface area contributed by atoms with Crippen LogP contribution in [0, 0.1) is 11.3 Å². The molecule has 0 fully saturated rings. The molecule has 0 amide bonds. The van der Waals surface area contributed by atoms with Crippen LogP contribution in [0.2, 0.25) is 5.02 Å². The van der Waals surface area contributed by atoms with Crippen LogP contribution in [-0.4, -0.2) is 22.1 Å². The van der Waals surface area contributed by atoms with Crippen LogP contribution >= 0.6 is 11.6 Å². The van der Waals surface area contributed by atoms with Crippen molar-refractivity contribution in [3.63, 3.8) is 0 Å². The van der Waals surface area contributed by atoms with E-state index in [9.17, 15) is 13.7 Å². The normalized spacial score (nSPS) is 11.7. The summed E-state index contributed by atoms with van der Waals surface area (Å²) < 4.78 is 35.9. The maximum Gasteiger partial charge on any atom is 0.216 e. The molecule has 0 spiro atoms. The fraction of sp³-hybridized carbons (Fsp3) is 0.167. The average molecular weight is 378 g/mol. The summed E-state index contributed by atoms with van der Waals surface area (Å²) in [6, 6.07) is 12.3. The van der Waals surface area contributed by atoms with Crippen LogP contribution in [0.1, 0.15) is 12.5 Å². The predicted octanol–water partition coefficient (Wildman–Crippen LogP) is 4.09. The van der Waals surface area contributed by atoms with Gasteiger partial charge in [0.1, 0.15) is 11.0 Å². The van der Waals surface area contributed by atoms with E-state index in [1.54, 1.807) is 24.3 Å². The van der Waals surface area contributed by atoms with Gasteiger partial charge < -0.3 is 9.47 Å². The highest BCUT2D eigenvalue weighted by Gasteiger charge is 2.21. The third-order valence-corrected chi connectivity index (χ3v) is 5.24. The minimum atomic E-state index is -3.94. The van der Waals surface area contributed by atoms with E-state index < -0.39 is 9.84 Å². The van der Waals surface area contributed by atoms with Gasteiger partial charge in [-0.3, -0.25) is 0 Å². The number of allylic oxidation sites excluding steroid dienone is 1. The van der Waals surface area contributed by atoms with E-state index in [0.717, 1.165) is 0 Å². The number of hydrogen-bond donors (Lipinski definition) is 0. The lowest BCUT2D eigenvalue weighted by atomic mass is 10.2. The molecule has 0 bridgehead atoms. The van der Waals surface area contributed by atoms with Gasteiger partial charge in [-0.25, -0.2) is 8.42 Å². The maximum absolute atomic E-state index is 12.6. The first kappa shape index (κ1) is 18.8. The summed E-state index contributed by atoms with van der Waals surface area (Å²) in [5.74, 6) is 0.998. The number of rotatable bonds is 6. The lowest BCUT2D eigenvalue weighted by Crippen LogP contribution is -2.03. The number of benzene rings is 2. The molecule has 0 saturated carbocycles. The number of nitriles is 1. The summed E-state index contributed by atoms with van der Waals surface area (Å²) in [7, 11) is -2.45. The molecule has 2 aromatic carbocycles. The molecule has 0 heterocycles. The Kier molecular flexibility index (Phi) is 6.07. The van der Waals surface area contributed by atoms with E-state index in [2.05, 4.69) is 0 Å². The molecule has 0 radical (unpaired) electrons. The predicted molar refractivity (Wildman–Crippen MR) is 96.4 cm³/mol. The van der Waals surface area contributed by atoms with Crippen molar-refractivity contribution in [3.8, 4) is 17.6 Å². The van der Waals surface area contributed by atoms with Gasteiger partial charge >= 0.3 is 0 Å². The molecule has 0 unspecified atom stereocenters. The third-order valence-electron chi connectivity index (χ3n) is 3.31. The Morgan fingerprint density at radius 3 is 2.44 bits per heavy atom. The minimum absolute atomic E-state index is 0.00241. The number of methoxy groups -OCH3 is 1. The van der Waals surface area contributed by atoms with E-state index >= 15 is 0 Å². The van der Waals surface area contributed by atoms with Gasteiger partial charge in [0.25, 0.3) is 0 Å². The molecule has 0 saturated heterocycles. The maximum atomic E-state index is 12.6. The first-order valence-electron chi connectivity index (χ1n) is 7.35. The summed E-state index contributed by atoms with van der Waals surface area (Å²) in [4.78, 5) is -0.372. The van der Waals surface area contributed by atoms with Crippen LogP contribution in [0.25, 0.3) is 6.08 Å². The van der Waals surface area contributed by atoms with Crippen molar-refractivity contribution in [3.05, 3.63) is 58.0 Å². The third kappa shape index (κ3) is 4.32. The molecule has 0 aliphatic carbocycles. The van der Waals surface area contributed by atoms with Crippen LogP contribution in [0.4, 0.5) is 0 Å². The Labute approximate surface area is 152 Å². The largest absolute Gasteiger partial charge is 0.493 e. The highest BCUT2D eigenvalue weighted by molar-refractivity contribution is 7.95. The second-order valence-corrected chi connectivity index (χ2v) is 7.28. The first-order valence-corrected chi connectivity index (χ1v) is 9.21. The lowest BCUT2D eigenvalue weighted by Gasteiger charge is -2.10. The van der Waals surface area contributed by atoms with Crippen molar-refractivity contribution in [2.45, 2.75) is 11.8 Å². The van der Waals surface area contributed by atoms with Gasteiger partial charge in [-0.05, 0) is 55.0 Å². The summed E-state index contributed by atoms with van der Waals surface area (Å²) in [5.41, 5.74) is 0.509. The fourth-order valence-corrected chi connectivity index (χ4v) is 3.40. The zero-order valence-electron chi connectivity index (χ0n) is 13.7. The summed E-state index contributed by atoms with van der Waals surface area (Å²) in [5, 5.41) is 9.74. The lowest BCUT2D eigenvalue weighted by molar-refractivity contribution is 0.311. The fourth-order valence-electron chi connectivity index (χ4n) is 2.11. The SMILES string of the molecule is CCOc1ccc(/C=C(\C#N)S(=O)(=O)c2ccc(Cl)cc2)cc1OC. The van der Waals surface area contributed by atoms with Gasteiger partial charge in [-0.2, -0.15) is 5.26 Å². The van der Waals surface area contributed by atoms with E-state index in [1.165, 1.54) is 37.5 Å². The standard InChI is InChI=1S/C18H16ClNO4S/c1-3-24-17-9-4-13(11-18(17)23-2)10-16(12-20)25(21,22)15-7-5-14(19)6-8-15/h4-11H,3H2,1-2H3/b16-10+. The Bertz CT molecular complexity index is 929. The molecular weight excluding hydrogens is 362 g/mol. The topological polar surface area (TPSA) is 76.4 Å². The molecule has 0 N–H and O–H groups in total. The number of nitrogens with zero attached hydrogens (tertiary/aromatic N) is 1. The van der Waals surface area contributed by atoms with Gasteiger partial charge in [-0.15, -0.1) is 0 Å².